The Kier molecular flexibility index (Phi) is 4.69. The summed E-state index contributed by atoms with van der Waals surface area (Å²) < 4.78 is 9.84. The normalized spacial score (nSPS) is 11.7. The summed E-state index contributed by atoms with van der Waals surface area (Å²) in [5.41, 5.74) is 0.688. The predicted molar refractivity (Wildman–Crippen MR) is 63.0 cm³/mol. The van der Waals surface area contributed by atoms with Crippen molar-refractivity contribution in [2.24, 2.45) is 0 Å². The van der Waals surface area contributed by atoms with Crippen molar-refractivity contribution in [1.29, 1.82) is 0 Å². The molecule has 0 aliphatic rings. The minimum Gasteiger partial charge on any atom is -0.496 e. The molecular weight excluding hydrogens is 220 g/mol. The van der Waals surface area contributed by atoms with E-state index in [0.717, 1.165) is 0 Å². The Morgan fingerprint density at radius 2 is 1.94 bits per heavy atom. The second kappa shape index (κ2) is 6.03. The molecule has 0 amide bonds. The van der Waals surface area contributed by atoms with Crippen LogP contribution in [-0.2, 0) is 14.3 Å². The lowest BCUT2D eigenvalue weighted by Crippen LogP contribution is -2.23. The number of para-hydroxylation sites is 1. The maximum atomic E-state index is 11.8. The number of Topliss-reactive ketones (excluding diaryl/α,β-unsaturated/α-hetero) is 1. The molecular formula is C13H16O4. The summed E-state index contributed by atoms with van der Waals surface area (Å²) in [6.45, 7) is 3.53. The highest BCUT2D eigenvalue weighted by molar-refractivity contribution is 6.35. The standard InChI is InChI=1S/C13H16O4/c1-4-17-13(15)12(14)9(2)10-7-5-6-8-11(10)16-3/h5-9H,4H2,1-3H3. The quantitative estimate of drug-likeness (QED) is 0.579. The van der Waals surface area contributed by atoms with Gasteiger partial charge in [0.25, 0.3) is 0 Å². The second-order valence-electron chi connectivity index (χ2n) is 3.55. The minimum absolute atomic E-state index is 0.198. The summed E-state index contributed by atoms with van der Waals surface area (Å²) in [6.07, 6.45) is 0. The fourth-order valence-corrected chi connectivity index (χ4v) is 1.54. The molecule has 0 fully saturated rings. The van der Waals surface area contributed by atoms with Gasteiger partial charge in [-0.25, -0.2) is 4.79 Å². The van der Waals surface area contributed by atoms with Crippen LogP contribution in [0.15, 0.2) is 24.3 Å². The van der Waals surface area contributed by atoms with Gasteiger partial charge in [-0.15, -0.1) is 0 Å². The molecule has 0 N–H and O–H groups in total. The van der Waals surface area contributed by atoms with Gasteiger partial charge in [-0.1, -0.05) is 25.1 Å². The van der Waals surface area contributed by atoms with Crippen LogP contribution in [0.4, 0.5) is 0 Å². The van der Waals surface area contributed by atoms with Crippen molar-refractivity contribution in [1.82, 2.24) is 0 Å². The van der Waals surface area contributed by atoms with Crippen LogP contribution in [0.1, 0.15) is 25.3 Å². The van der Waals surface area contributed by atoms with E-state index in [9.17, 15) is 9.59 Å². The van der Waals surface area contributed by atoms with Crippen LogP contribution in [0.3, 0.4) is 0 Å². The van der Waals surface area contributed by atoms with E-state index in [1.165, 1.54) is 7.11 Å². The Hall–Kier alpha value is -1.84. The molecule has 1 aromatic rings. The topological polar surface area (TPSA) is 52.6 Å². The van der Waals surface area contributed by atoms with Gasteiger partial charge in [0.1, 0.15) is 5.75 Å². The molecule has 1 aromatic carbocycles. The molecule has 0 radical (unpaired) electrons. The highest BCUT2D eigenvalue weighted by Crippen LogP contribution is 2.26. The summed E-state index contributed by atoms with van der Waals surface area (Å²) in [5, 5.41) is 0. The third-order valence-corrected chi connectivity index (χ3v) is 2.48. The number of benzene rings is 1. The first kappa shape index (κ1) is 13.2. The van der Waals surface area contributed by atoms with Gasteiger partial charge >= 0.3 is 5.97 Å². The first-order chi connectivity index (χ1) is 8.11. The van der Waals surface area contributed by atoms with Crippen molar-refractivity contribution in [3.63, 3.8) is 0 Å². The Balaban J connectivity index is 2.92. The number of carbonyl (C=O) groups is 2. The van der Waals surface area contributed by atoms with E-state index >= 15 is 0 Å². The first-order valence-electron chi connectivity index (χ1n) is 5.45. The van der Waals surface area contributed by atoms with Gasteiger partial charge in [-0.05, 0) is 13.0 Å². The van der Waals surface area contributed by atoms with E-state index in [-0.39, 0.29) is 6.61 Å². The molecule has 0 spiro atoms. The number of hydrogen-bond donors (Lipinski definition) is 0. The first-order valence-corrected chi connectivity index (χ1v) is 5.45. The zero-order valence-corrected chi connectivity index (χ0v) is 10.2. The van der Waals surface area contributed by atoms with Gasteiger partial charge in [0.05, 0.1) is 19.6 Å². The van der Waals surface area contributed by atoms with Crippen molar-refractivity contribution >= 4 is 11.8 Å². The highest BCUT2D eigenvalue weighted by atomic mass is 16.5. The molecule has 4 nitrogen and oxygen atoms in total. The zero-order valence-electron chi connectivity index (χ0n) is 10.2. The number of carbonyl (C=O) groups excluding carboxylic acids is 2. The number of hydrogen-bond acceptors (Lipinski definition) is 4. The third kappa shape index (κ3) is 3.06. The van der Waals surface area contributed by atoms with Crippen molar-refractivity contribution in [2.75, 3.05) is 13.7 Å². The summed E-state index contributed by atoms with van der Waals surface area (Å²) in [7, 11) is 1.53. The van der Waals surface area contributed by atoms with Crippen LogP contribution in [0.5, 0.6) is 5.75 Å². The van der Waals surface area contributed by atoms with E-state index in [2.05, 4.69) is 0 Å². The summed E-state index contributed by atoms with van der Waals surface area (Å²) in [6, 6.07) is 7.13. The molecule has 0 aromatic heterocycles. The van der Waals surface area contributed by atoms with Crippen LogP contribution >= 0.6 is 0 Å². The van der Waals surface area contributed by atoms with Gasteiger partial charge in [0, 0.05) is 5.56 Å². The number of ketones is 1. The second-order valence-corrected chi connectivity index (χ2v) is 3.55. The Bertz CT molecular complexity index is 412. The van der Waals surface area contributed by atoms with Crippen molar-refractivity contribution in [3.05, 3.63) is 29.8 Å². The average molecular weight is 236 g/mol. The van der Waals surface area contributed by atoms with Crippen molar-refractivity contribution in [3.8, 4) is 5.75 Å². The van der Waals surface area contributed by atoms with Gasteiger partial charge in [-0.3, -0.25) is 4.79 Å². The SMILES string of the molecule is CCOC(=O)C(=O)C(C)c1ccccc1OC. The van der Waals surface area contributed by atoms with E-state index in [1.54, 1.807) is 32.0 Å². The predicted octanol–water partition coefficient (Wildman–Crippen LogP) is 1.93. The number of rotatable bonds is 5. The highest BCUT2D eigenvalue weighted by Gasteiger charge is 2.25. The largest absolute Gasteiger partial charge is 0.496 e. The molecule has 0 heterocycles. The summed E-state index contributed by atoms with van der Waals surface area (Å²) >= 11 is 0. The fraction of sp³-hybridized carbons (Fsp3) is 0.385. The van der Waals surface area contributed by atoms with Gasteiger partial charge in [0.15, 0.2) is 0 Å². The fourth-order valence-electron chi connectivity index (χ4n) is 1.54. The van der Waals surface area contributed by atoms with E-state index in [0.29, 0.717) is 11.3 Å². The maximum Gasteiger partial charge on any atom is 0.375 e. The average Bonchev–Trinajstić information content (AvgIpc) is 2.37. The van der Waals surface area contributed by atoms with Crippen molar-refractivity contribution < 1.29 is 19.1 Å². The maximum absolute atomic E-state index is 11.8. The molecule has 0 aliphatic carbocycles. The number of esters is 1. The Morgan fingerprint density at radius 1 is 1.29 bits per heavy atom. The van der Waals surface area contributed by atoms with Crippen LogP contribution in [0.2, 0.25) is 0 Å². The van der Waals surface area contributed by atoms with Crippen molar-refractivity contribution in [2.45, 2.75) is 19.8 Å². The molecule has 17 heavy (non-hydrogen) atoms. The lowest BCUT2D eigenvalue weighted by Gasteiger charge is -2.13. The minimum atomic E-state index is -0.800. The molecule has 1 atom stereocenters. The summed E-state index contributed by atoms with van der Waals surface area (Å²) in [5.74, 6) is -1.33. The Labute approximate surface area is 101 Å². The van der Waals surface area contributed by atoms with Crippen LogP contribution < -0.4 is 4.74 Å². The molecule has 0 aliphatic heterocycles. The smallest absolute Gasteiger partial charge is 0.375 e. The zero-order chi connectivity index (χ0) is 12.8. The van der Waals surface area contributed by atoms with Crippen LogP contribution in [0.25, 0.3) is 0 Å². The Morgan fingerprint density at radius 3 is 2.53 bits per heavy atom. The molecule has 92 valence electrons. The molecule has 0 bridgehead atoms. The van der Waals surface area contributed by atoms with Crippen LogP contribution in [0, 0.1) is 0 Å². The molecule has 1 rings (SSSR count). The van der Waals surface area contributed by atoms with Gasteiger partial charge in [-0.2, -0.15) is 0 Å². The van der Waals surface area contributed by atoms with E-state index in [4.69, 9.17) is 9.47 Å². The third-order valence-electron chi connectivity index (χ3n) is 2.48. The van der Waals surface area contributed by atoms with E-state index in [1.807, 2.05) is 6.07 Å². The molecule has 4 heteroatoms. The number of methoxy groups -OCH3 is 1. The monoisotopic (exact) mass is 236 g/mol. The van der Waals surface area contributed by atoms with Gasteiger partial charge < -0.3 is 9.47 Å². The van der Waals surface area contributed by atoms with Crippen LogP contribution in [-0.4, -0.2) is 25.5 Å². The molecule has 1 unspecified atom stereocenters. The lowest BCUT2D eigenvalue weighted by molar-refractivity contribution is -0.154. The lowest BCUT2D eigenvalue weighted by atomic mass is 9.96. The van der Waals surface area contributed by atoms with E-state index < -0.39 is 17.7 Å². The van der Waals surface area contributed by atoms with Gasteiger partial charge in [0.2, 0.25) is 5.78 Å². The molecule has 0 saturated carbocycles. The number of ether oxygens (including phenoxy) is 2. The summed E-state index contributed by atoms with van der Waals surface area (Å²) in [4.78, 5) is 23.1. The molecule has 0 saturated heterocycles.